The summed E-state index contributed by atoms with van der Waals surface area (Å²) in [6.07, 6.45) is -3.48. The van der Waals surface area contributed by atoms with Gasteiger partial charge in [0.1, 0.15) is 29.7 Å². The number of nitrogens with zero attached hydrogens (tertiary/aromatic N) is 3. The lowest BCUT2D eigenvalue weighted by atomic mass is 10.1. The summed E-state index contributed by atoms with van der Waals surface area (Å²) in [6.45, 7) is 4.85. The molecule has 0 aliphatic carbocycles. The van der Waals surface area contributed by atoms with E-state index >= 15 is 0 Å². The molecule has 1 aliphatic heterocycles. The fourth-order valence-corrected chi connectivity index (χ4v) is 5.71. The number of aliphatic hydroxyl groups excluding tert-OH is 3. The first-order valence-corrected chi connectivity index (χ1v) is 14.5. The zero-order chi connectivity index (χ0) is 28.2. The fraction of sp³-hybridized carbons (Fsp3) is 0.533. The molecule has 3 rings (SSSR count). The lowest BCUT2D eigenvalue weighted by Crippen LogP contribution is -2.34. The Labute approximate surface area is 208 Å². The van der Waals surface area contributed by atoms with Crippen LogP contribution in [0, 0.1) is 0 Å². The number of rotatable bonds is 10. The van der Waals surface area contributed by atoms with Crippen LogP contribution in [0.25, 0.3) is 11.2 Å². The Morgan fingerprint density at radius 2 is 1.76 bits per heavy atom. The molecule has 0 amide bonds. The third-order valence-electron chi connectivity index (χ3n) is 4.29. The van der Waals surface area contributed by atoms with E-state index in [4.69, 9.17) is 35.5 Å². The molecule has 210 valence electrons. The summed E-state index contributed by atoms with van der Waals surface area (Å²) >= 11 is 0. The van der Waals surface area contributed by atoms with Crippen molar-refractivity contribution in [2.24, 2.45) is 0 Å². The average Bonchev–Trinajstić information content (AvgIpc) is 3.29. The first-order valence-electron chi connectivity index (χ1n) is 9.97. The Morgan fingerprint density at radius 3 is 2.30 bits per heavy atom. The van der Waals surface area contributed by atoms with Crippen molar-refractivity contribution >= 4 is 40.4 Å². The number of phosphoric ester groups is 1. The van der Waals surface area contributed by atoms with Crippen molar-refractivity contribution in [3.8, 4) is 0 Å². The molecule has 37 heavy (non-hydrogen) atoms. The highest BCUT2D eigenvalue weighted by Gasteiger charge is 2.45. The van der Waals surface area contributed by atoms with Gasteiger partial charge in [-0.1, -0.05) is 5.57 Å². The molecule has 22 heteroatoms. The smallest absolute Gasteiger partial charge is 0.387 e. The molecule has 0 radical (unpaired) electrons. The SMILES string of the molecule is C=C(C)CCc1nc(N)c2[nH]cnc2n1.O=P(O)(O)OP(=O)(O)OP(=O)(O)OC[C@H]1OC(O)[C@H](O)[C@@H]1O. The number of imidazole rings is 1. The first kappa shape index (κ1) is 31.6. The van der Waals surface area contributed by atoms with E-state index < -0.39 is 54.7 Å². The summed E-state index contributed by atoms with van der Waals surface area (Å²) in [7, 11) is -16.5. The monoisotopic (exact) mass is 593 g/mol. The summed E-state index contributed by atoms with van der Waals surface area (Å²) in [5.74, 6) is 1.17. The van der Waals surface area contributed by atoms with Crippen LogP contribution in [-0.4, -0.2) is 86.0 Å². The summed E-state index contributed by atoms with van der Waals surface area (Å²) in [5.41, 5.74) is 8.20. The van der Waals surface area contributed by atoms with Gasteiger partial charge < -0.3 is 50.3 Å². The number of phosphoric acid groups is 3. The van der Waals surface area contributed by atoms with Crippen molar-refractivity contribution in [3.63, 3.8) is 0 Å². The molecule has 1 fully saturated rings. The average molecular weight is 593 g/mol. The maximum absolute atomic E-state index is 11.3. The van der Waals surface area contributed by atoms with Gasteiger partial charge in [0.2, 0.25) is 0 Å². The predicted octanol–water partition coefficient (Wildman–Crippen LogP) is -0.788. The molecular formula is C15H26N5O14P3. The number of aryl methyl sites for hydroxylation is 1. The van der Waals surface area contributed by atoms with Crippen LogP contribution < -0.4 is 5.73 Å². The largest absolute Gasteiger partial charge is 0.490 e. The van der Waals surface area contributed by atoms with Gasteiger partial charge in [-0.05, 0) is 13.3 Å². The van der Waals surface area contributed by atoms with Gasteiger partial charge in [0.05, 0.1) is 12.9 Å². The summed E-state index contributed by atoms with van der Waals surface area (Å²) in [4.78, 5) is 50.0. The number of aromatic amines is 1. The van der Waals surface area contributed by atoms with Crippen LogP contribution in [0.15, 0.2) is 18.5 Å². The lowest BCUT2D eigenvalue weighted by molar-refractivity contribution is -0.132. The third-order valence-corrected chi connectivity index (χ3v) is 8.09. The number of nitrogens with one attached hydrogen (secondary N) is 1. The van der Waals surface area contributed by atoms with Gasteiger partial charge in [0.25, 0.3) is 0 Å². The summed E-state index contributed by atoms with van der Waals surface area (Å²) < 4.78 is 48.3. The standard InChI is InChI=1S/C10H13N5.C5H13O14P3/c1-6(2)3-4-7-14-9(11)8-10(15-7)13-5-12-8;6-3-2(17-5(8)4(3)7)1-16-21(12,13)19-22(14,15)18-20(9,10)11/h5H,1,3-4H2,2H3,(H3,11,12,13,14,15);2-8H,1H2,(H,12,13)(H,14,15)(H2,9,10,11)/t;2-,3-,4-,5?/m.1/s1. The molecule has 3 heterocycles. The van der Waals surface area contributed by atoms with Crippen molar-refractivity contribution in [2.45, 2.75) is 44.4 Å². The molecule has 1 aliphatic rings. The zero-order valence-corrected chi connectivity index (χ0v) is 21.6. The van der Waals surface area contributed by atoms with Gasteiger partial charge in [-0.25, -0.2) is 28.6 Å². The number of nitrogen functional groups attached to an aromatic ring is 1. The van der Waals surface area contributed by atoms with Crippen LogP contribution in [-0.2, 0) is 38.0 Å². The van der Waals surface area contributed by atoms with E-state index in [0.29, 0.717) is 17.0 Å². The number of anilines is 1. The number of fused-ring (bicyclic) bond motifs is 1. The number of hydrogen-bond acceptors (Lipinski definition) is 14. The predicted molar refractivity (Wildman–Crippen MR) is 122 cm³/mol. The van der Waals surface area contributed by atoms with Gasteiger partial charge in [-0.15, -0.1) is 6.58 Å². The second-order valence-electron chi connectivity index (χ2n) is 7.52. The number of nitrogens with two attached hydrogens (primary N) is 1. The molecule has 0 saturated carbocycles. The number of allylic oxidation sites excluding steroid dienone is 1. The Kier molecular flexibility index (Phi) is 10.6. The van der Waals surface area contributed by atoms with Crippen LogP contribution in [0.2, 0.25) is 0 Å². The van der Waals surface area contributed by atoms with Crippen molar-refractivity contribution in [1.82, 2.24) is 19.9 Å². The molecule has 2 aromatic rings. The second kappa shape index (κ2) is 12.5. The maximum atomic E-state index is 11.3. The van der Waals surface area contributed by atoms with E-state index in [0.717, 1.165) is 24.2 Å². The quantitative estimate of drug-likeness (QED) is 0.120. The second-order valence-corrected chi connectivity index (χ2v) is 11.9. The molecule has 2 aromatic heterocycles. The fourth-order valence-electron chi connectivity index (χ4n) is 2.68. The minimum Gasteiger partial charge on any atom is -0.387 e. The number of ether oxygens (including phenoxy) is 1. The molecule has 19 nitrogen and oxygen atoms in total. The van der Waals surface area contributed by atoms with Crippen molar-refractivity contribution in [1.29, 1.82) is 0 Å². The molecule has 10 N–H and O–H groups in total. The zero-order valence-electron chi connectivity index (χ0n) is 19.0. The number of H-pyrrole nitrogens is 1. The van der Waals surface area contributed by atoms with Crippen LogP contribution in [0.5, 0.6) is 0 Å². The maximum Gasteiger partial charge on any atom is 0.490 e. The molecule has 1 saturated heterocycles. The topological polar surface area (TPSA) is 310 Å². The summed E-state index contributed by atoms with van der Waals surface area (Å²) in [5, 5.41) is 27.5. The molecule has 0 spiro atoms. The highest BCUT2D eigenvalue weighted by atomic mass is 31.3. The Bertz CT molecular complexity index is 1240. The van der Waals surface area contributed by atoms with Crippen LogP contribution in [0.3, 0.4) is 0 Å². The molecule has 3 unspecified atom stereocenters. The third kappa shape index (κ3) is 10.2. The lowest BCUT2D eigenvalue weighted by Gasteiger charge is -2.18. The molecule has 0 aromatic carbocycles. The number of aromatic nitrogens is 4. The highest BCUT2D eigenvalue weighted by Crippen LogP contribution is 2.66. The molecule has 0 bridgehead atoms. The van der Waals surface area contributed by atoms with Gasteiger partial charge in [0, 0.05) is 6.42 Å². The van der Waals surface area contributed by atoms with Gasteiger partial charge in [-0.3, -0.25) is 4.52 Å². The van der Waals surface area contributed by atoms with E-state index in [2.05, 4.69) is 44.4 Å². The minimum absolute atomic E-state index is 0.453. The van der Waals surface area contributed by atoms with Gasteiger partial charge in [0.15, 0.2) is 17.8 Å². The van der Waals surface area contributed by atoms with E-state index in [1.54, 1.807) is 6.33 Å². The van der Waals surface area contributed by atoms with Crippen LogP contribution >= 0.6 is 23.5 Å². The Morgan fingerprint density at radius 1 is 1.11 bits per heavy atom. The van der Waals surface area contributed by atoms with Crippen LogP contribution in [0.1, 0.15) is 19.2 Å². The Balaban J connectivity index is 0.000000278. The van der Waals surface area contributed by atoms with E-state index in [1.165, 1.54) is 0 Å². The first-order chi connectivity index (χ1) is 16.9. The van der Waals surface area contributed by atoms with E-state index in [-0.39, 0.29) is 0 Å². The van der Waals surface area contributed by atoms with E-state index in [9.17, 15) is 18.8 Å². The van der Waals surface area contributed by atoms with Crippen molar-refractivity contribution < 1.29 is 66.5 Å². The van der Waals surface area contributed by atoms with Crippen molar-refractivity contribution in [2.75, 3.05) is 12.3 Å². The normalized spacial score (nSPS) is 25.2. The highest BCUT2D eigenvalue weighted by molar-refractivity contribution is 7.66. The minimum atomic E-state index is -5.64. The van der Waals surface area contributed by atoms with Crippen LogP contribution in [0.4, 0.5) is 5.82 Å². The van der Waals surface area contributed by atoms with E-state index in [1.807, 2.05) is 6.92 Å². The molecule has 6 atom stereocenters. The number of hydrogen-bond donors (Lipinski definition) is 9. The van der Waals surface area contributed by atoms with Gasteiger partial charge >= 0.3 is 23.5 Å². The number of aliphatic hydroxyl groups is 3. The summed E-state index contributed by atoms with van der Waals surface area (Å²) in [6, 6.07) is 0. The molecular weight excluding hydrogens is 567 g/mol. The van der Waals surface area contributed by atoms with Crippen molar-refractivity contribution in [3.05, 3.63) is 24.3 Å². The Hall–Kier alpha value is -1.66. The van der Waals surface area contributed by atoms with Gasteiger partial charge in [-0.2, -0.15) is 8.62 Å².